The van der Waals surface area contributed by atoms with Crippen LogP contribution in [0.5, 0.6) is 0 Å². The number of halogens is 1. The quantitative estimate of drug-likeness (QED) is 0.870. The van der Waals surface area contributed by atoms with Crippen molar-refractivity contribution >= 4 is 5.69 Å². The van der Waals surface area contributed by atoms with E-state index in [1.165, 1.54) is 6.07 Å². The summed E-state index contributed by atoms with van der Waals surface area (Å²) >= 11 is 0. The van der Waals surface area contributed by atoms with Crippen LogP contribution in [0, 0.1) is 11.7 Å². The van der Waals surface area contributed by atoms with E-state index in [1.54, 1.807) is 6.07 Å². The van der Waals surface area contributed by atoms with Gasteiger partial charge >= 0.3 is 0 Å². The molecule has 1 aromatic rings. The average molecular weight is 280 g/mol. The first kappa shape index (κ1) is 15.3. The molecular weight excluding hydrogens is 255 g/mol. The molecule has 0 amide bonds. The minimum Gasteiger partial charge on any atom is -0.396 e. The van der Waals surface area contributed by atoms with Crippen LogP contribution < -0.4 is 10.2 Å². The van der Waals surface area contributed by atoms with Crippen molar-refractivity contribution in [2.45, 2.75) is 32.7 Å². The molecule has 0 aliphatic carbocycles. The van der Waals surface area contributed by atoms with E-state index in [4.69, 9.17) is 0 Å². The second-order valence-corrected chi connectivity index (χ2v) is 5.59. The van der Waals surface area contributed by atoms with E-state index in [0.717, 1.165) is 43.7 Å². The Balaban J connectivity index is 2.28. The lowest BCUT2D eigenvalue weighted by atomic mass is 9.96. The first-order valence-electron chi connectivity index (χ1n) is 7.55. The van der Waals surface area contributed by atoms with Gasteiger partial charge in [-0.2, -0.15) is 0 Å². The summed E-state index contributed by atoms with van der Waals surface area (Å²) in [4.78, 5) is 2.22. The predicted molar refractivity (Wildman–Crippen MR) is 80.5 cm³/mol. The van der Waals surface area contributed by atoms with Gasteiger partial charge in [0.25, 0.3) is 0 Å². The van der Waals surface area contributed by atoms with Gasteiger partial charge in [0, 0.05) is 37.0 Å². The minimum atomic E-state index is -0.151. The largest absolute Gasteiger partial charge is 0.396 e. The molecule has 2 N–H and O–H groups in total. The number of aliphatic hydroxyl groups is 1. The topological polar surface area (TPSA) is 35.5 Å². The molecule has 1 aliphatic heterocycles. The highest BCUT2D eigenvalue weighted by Gasteiger charge is 2.24. The van der Waals surface area contributed by atoms with Gasteiger partial charge in [-0.1, -0.05) is 13.0 Å². The van der Waals surface area contributed by atoms with Crippen molar-refractivity contribution in [2.24, 2.45) is 5.92 Å². The number of rotatable bonds is 5. The molecule has 0 radical (unpaired) electrons. The van der Waals surface area contributed by atoms with Crippen LogP contribution in [0.4, 0.5) is 10.1 Å². The Morgan fingerprint density at radius 3 is 3.00 bits per heavy atom. The standard InChI is InChI=1S/C16H25FN2O/c1-3-18-12(2)16-14(17)7-4-8-15(16)19-9-5-6-13(10-19)11-20/h4,7-8,12-13,18,20H,3,5-6,9-11H2,1-2H3. The zero-order chi connectivity index (χ0) is 14.5. The molecule has 1 fully saturated rings. The Morgan fingerprint density at radius 2 is 2.30 bits per heavy atom. The lowest BCUT2D eigenvalue weighted by molar-refractivity contribution is 0.208. The maximum Gasteiger partial charge on any atom is 0.130 e. The zero-order valence-corrected chi connectivity index (χ0v) is 12.4. The Morgan fingerprint density at radius 1 is 1.50 bits per heavy atom. The fourth-order valence-electron chi connectivity index (χ4n) is 3.07. The molecule has 0 saturated carbocycles. The molecule has 3 nitrogen and oxygen atoms in total. The number of hydrogen-bond acceptors (Lipinski definition) is 3. The van der Waals surface area contributed by atoms with Gasteiger partial charge in [0.05, 0.1) is 0 Å². The molecule has 1 heterocycles. The third-order valence-electron chi connectivity index (χ3n) is 4.09. The first-order valence-corrected chi connectivity index (χ1v) is 7.55. The van der Waals surface area contributed by atoms with Crippen LogP contribution in [-0.4, -0.2) is 31.3 Å². The van der Waals surface area contributed by atoms with E-state index >= 15 is 0 Å². The molecule has 1 aromatic carbocycles. The summed E-state index contributed by atoms with van der Waals surface area (Å²) < 4.78 is 14.2. The van der Waals surface area contributed by atoms with E-state index in [9.17, 15) is 9.50 Å². The van der Waals surface area contributed by atoms with Gasteiger partial charge in [-0.05, 0) is 44.4 Å². The molecule has 4 heteroatoms. The van der Waals surface area contributed by atoms with Crippen molar-refractivity contribution in [1.29, 1.82) is 0 Å². The maximum absolute atomic E-state index is 14.2. The third kappa shape index (κ3) is 3.30. The van der Waals surface area contributed by atoms with E-state index in [-0.39, 0.29) is 18.5 Å². The molecule has 0 aromatic heterocycles. The van der Waals surface area contributed by atoms with Crippen molar-refractivity contribution < 1.29 is 9.50 Å². The lowest BCUT2D eigenvalue weighted by Crippen LogP contribution is -2.38. The molecular formula is C16H25FN2O. The highest BCUT2D eigenvalue weighted by molar-refractivity contribution is 5.56. The molecule has 2 unspecified atom stereocenters. The number of hydrogen-bond donors (Lipinski definition) is 2. The summed E-state index contributed by atoms with van der Waals surface area (Å²) in [5, 5.41) is 12.7. The van der Waals surface area contributed by atoms with Gasteiger partial charge in [0.1, 0.15) is 5.82 Å². The number of piperidine rings is 1. The molecule has 112 valence electrons. The Labute approximate surface area is 120 Å². The van der Waals surface area contributed by atoms with Crippen molar-refractivity contribution in [3.8, 4) is 0 Å². The van der Waals surface area contributed by atoms with Crippen LogP contribution in [0.3, 0.4) is 0 Å². The number of nitrogens with one attached hydrogen (secondary N) is 1. The Bertz CT molecular complexity index is 438. The van der Waals surface area contributed by atoms with Crippen molar-refractivity contribution in [3.63, 3.8) is 0 Å². The van der Waals surface area contributed by atoms with Gasteiger partial charge in [0.2, 0.25) is 0 Å². The van der Waals surface area contributed by atoms with Crippen molar-refractivity contribution in [1.82, 2.24) is 5.32 Å². The summed E-state index contributed by atoms with van der Waals surface area (Å²) in [6.07, 6.45) is 2.11. The van der Waals surface area contributed by atoms with Crippen LogP contribution in [0.25, 0.3) is 0 Å². The summed E-state index contributed by atoms with van der Waals surface area (Å²) in [5.74, 6) is 0.149. The molecule has 0 bridgehead atoms. The number of benzene rings is 1. The van der Waals surface area contributed by atoms with Crippen LogP contribution in [0.15, 0.2) is 18.2 Å². The predicted octanol–water partition coefficient (Wildman–Crippen LogP) is 2.70. The second kappa shape index (κ2) is 7.04. The fourth-order valence-corrected chi connectivity index (χ4v) is 3.07. The highest BCUT2D eigenvalue weighted by atomic mass is 19.1. The van der Waals surface area contributed by atoms with E-state index in [2.05, 4.69) is 10.2 Å². The lowest BCUT2D eigenvalue weighted by Gasteiger charge is -2.35. The SMILES string of the molecule is CCNC(C)c1c(F)cccc1N1CCCC(CO)C1. The van der Waals surface area contributed by atoms with Crippen molar-refractivity contribution in [3.05, 3.63) is 29.6 Å². The van der Waals surface area contributed by atoms with Crippen LogP contribution in [0.2, 0.25) is 0 Å². The van der Waals surface area contributed by atoms with Gasteiger partial charge < -0.3 is 15.3 Å². The molecule has 2 atom stereocenters. The normalized spacial score (nSPS) is 21.0. The van der Waals surface area contributed by atoms with Gasteiger partial charge in [0.15, 0.2) is 0 Å². The Kier molecular flexibility index (Phi) is 5.38. The van der Waals surface area contributed by atoms with E-state index in [1.807, 2.05) is 19.9 Å². The van der Waals surface area contributed by atoms with Crippen LogP contribution in [-0.2, 0) is 0 Å². The molecule has 0 spiro atoms. The zero-order valence-electron chi connectivity index (χ0n) is 12.4. The first-order chi connectivity index (χ1) is 9.67. The molecule has 20 heavy (non-hydrogen) atoms. The summed E-state index contributed by atoms with van der Waals surface area (Å²) in [7, 11) is 0. The minimum absolute atomic E-state index is 0.00861. The molecule has 2 rings (SSSR count). The summed E-state index contributed by atoms with van der Waals surface area (Å²) in [6.45, 7) is 6.80. The third-order valence-corrected chi connectivity index (χ3v) is 4.09. The number of aliphatic hydroxyl groups excluding tert-OH is 1. The molecule has 1 aliphatic rings. The van der Waals surface area contributed by atoms with Gasteiger partial charge in [-0.15, -0.1) is 0 Å². The van der Waals surface area contributed by atoms with Crippen LogP contribution in [0.1, 0.15) is 38.3 Å². The highest BCUT2D eigenvalue weighted by Crippen LogP contribution is 2.31. The summed E-state index contributed by atoms with van der Waals surface area (Å²) in [5.41, 5.74) is 1.71. The van der Waals surface area contributed by atoms with Gasteiger partial charge in [-0.3, -0.25) is 0 Å². The molecule has 1 saturated heterocycles. The van der Waals surface area contributed by atoms with Crippen molar-refractivity contribution in [2.75, 3.05) is 31.1 Å². The smallest absolute Gasteiger partial charge is 0.130 e. The summed E-state index contributed by atoms with van der Waals surface area (Å²) in [6, 6.07) is 5.28. The number of anilines is 1. The van der Waals surface area contributed by atoms with E-state index in [0.29, 0.717) is 5.92 Å². The fraction of sp³-hybridized carbons (Fsp3) is 0.625. The average Bonchev–Trinajstić information content (AvgIpc) is 2.47. The monoisotopic (exact) mass is 280 g/mol. The van der Waals surface area contributed by atoms with Gasteiger partial charge in [-0.25, -0.2) is 4.39 Å². The van der Waals surface area contributed by atoms with E-state index < -0.39 is 0 Å². The second-order valence-electron chi connectivity index (χ2n) is 5.59. The Hall–Kier alpha value is -1.13. The van der Waals surface area contributed by atoms with Crippen LogP contribution >= 0.6 is 0 Å². The maximum atomic E-state index is 14.2. The number of nitrogens with zero attached hydrogens (tertiary/aromatic N) is 1.